The first-order chi connectivity index (χ1) is 10.7. The smallest absolute Gasteiger partial charge is 0.238 e. The highest BCUT2D eigenvalue weighted by molar-refractivity contribution is 6.32. The molecule has 0 spiro atoms. The lowest BCUT2D eigenvalue weighted by Crippen LogP contribution is -1.96. The largest absolute Gasteiger partial charge is 0.438 e. The predicted octanol–water partition coefficient (Wildman–Crippen LogP) is 3.29. The van der Waals surface area contributed by atoms with E-state index in [1.807, 2.05) is 18.2 Å². The molecular weight excluding hydrogens is 302 g/mol. The van der Waals surface area contributed by atoms with E-state index in [9.17, 15) is 0 Å². The van der Waals surface area contributed by atoms with Crippen LogP contribution < -0.4 is 4.74 Å². The van der Waals surface area contributed by atoms with Gasteiger partial charge in [0.2, 0.25) is 5.88 Å². The van der Waals surface area contributed by atoms with Crippen LogP contribution in [-0.2, 0) is 0 Å². The number of nitriles is 1. The molecule has 0 radical (unpaired) electrons. The van der Waals surface area contributed by atoms with Crippen LogP contribution in [0.3, 0.4) is 0 Å². The molecule has 0 fully saturated rings. The van der Waals surface area contributed by atoms with E-state index < -0.39 is 0 Å². The summed E-state index contributed by atoms with van der Waals surface area (Å²) in [6, 6.07) is 10.8. The second kappa shape index (κ2) is 5.84. The van der Waals surface area contributed by atoms with E-state index in [1.165, 1.54) is 6.33 Å². The first-order valence-electron chi connectivity index (χ1n) is 6.37. The average Bonchev–Trinajstić information content (AvgIpc) is 3.05. The standard InChI is InChI=1S/C15H10ClN5O/c1-10-11(7-17)6-14(16)15(20-10)22-13-4-2-12(3-5-13)21-9-18-8-19-21/h2-6,8-9H,1H3. The Bertz CT molecular complexity index is 838. The van der Waals surface area contributed by atoms with Crippen molar-refractivity contribution in [2.45, 2.75) is 6.92 Å². The molecule has 0 amide bonds. The molecule has 22 heavy (non-hydrogen) atoms. The Morgan fingerprint density at radius 1 is 1.27 bits per heavy atom. The number of benzene rings is 1. The molecule has 0 aliphatic heterocycles. The topological polar surface area (TPSA) is 76.6 Å². The Kier molecular flexibility index (Phi) is 3.73. The van der Waals surface area contributed by atoms with Crippen LogP contribution >= 0.6 is 11.6 Å². The van der Waals surface area contributed by atoms with Crippen molar-refractivity contribution in [3.8, 4) is 23.4 Å². The molecule has 0 N–H and O–H groups in total. The van der Waals surface area contributed by atoms with E-state index in [4.69, 9.17) is 21.6 Å². The van der Waals surface area contributed by atoms with Crippen molar-refractivity contribution in [3.05, 3.63) is 59.3 Å². The summed E-state index contributed by atoms with van der Waals surface area (Å²) < 4.78 is 7.30. The number of nitrogens with zero attached hydrogens (tertiary/aromatic N) is 5. The zero-order valence-electron chi connectivity index (χ0n) is 11.6. The van der Waals surface area contributed by atoms with Gasteiger partial charge in [-0.25, -0.2) is 14.6 Å². The molecular formula is C15H10ClN5O. The van der Waals surface area contributed by atoms with Crippen LogP contribution in [0.2, 0.25) is 5.02 Å². The maximum Gasteiger partial charge on any atom is 0.238 e. The summed E-state index contributed by atoms with van der Waals surface area (Å²) >= 11 is 6.08. The van der Waals surface area contributed by atoms with Crippen molar-refractivity contribution in [1.29, 1.82) is 5.26 Å². The van der Waals surface area contributed by atoms with Gasteiger partial charge in [-0.2, -0.15) is 10.4 Å². The summed E-state index contributed by atoms with van der Waals surface area (Å²) in [6.07, 6.45) is 3.08. The summed E-state index contributed by atoms with van der Waals surface area (Å²) in [5.74, 6) is 0.856. The third-order valence-electron chi connectivity index (χ3n) is 2.99. The van der Waals surface area contributed by atoms with E-state index in [0.29, 0.717) is 22.0 Å². The number of ether oxygens (including phenoxy) is 1. The van der Waals surface area contributed by atoms with Gasteiger partial charge in [-0.3, -0.25) is 0 Å². The van der Waals surface area contributed by atoms with Gasteiger partial charge in [-0.05, 0) is 37.3 Å². The van der Waals surface area contributed by atoms with E-state index >= 15 is 0 Å². The molecule has 108 valence electrons. The van der Waals surface area contributed by atoms with Gasteiger partial charge < -0.3 is 4.74 Å². The van der Waals surface area contributed by atoms with Gasteiger partial charge >= 0.3 is 0 Å². The summed E-state index contributed by atoms with van der Waals surface area (Å²) in [6.45, 7) is 1.73. The molecule has 1 aromatic carbocycles. The van der Waals surface area contributed by atoms with Gasteiger partial charge in [0.05, 0.1) is 16.9 Å². The number of rotatable bonds is 3. The second-order valence-electron chi connectivity index (χ2n) is 4.46. The van der Waals surface area contributed by atoms with Crippen LogP contribution in [0.25, 0.3) is 5.69 Å². The zero-order chi connectivity index (χ0) is 15.5. The van der Waals surface area contributed by atoms with Gasteiger partial charge in [0.1, 0.15) is 29.5 Å². The molecule has 7 heteroatoms. The molecule has 2 heterocycles. The molecule has 0 atom stereocenters. The predicted molar refractivity (Wildman–Crippen MR) is 80.1 cm³/mol. The number of aromatic nitrogens is 4. The number of hydrogen-bond donors (Lipinski definition) is 0. The molecule has 0 aliphatic carbocycles. The Hall–Kier alpha value is -2.91. The number of pyridine rings is 1. The lowest BCUT2D eigenvalue weighted by molar-refractivity contribution is 0.461. The minimum atomic E-state index is 0.270. The SMILES string of the molecule is Cc1nc(Oc2ccc(-n3cncn3)cc2)c(Cl)cc1C#N. The van der Waals surface area contributed by atoms with Crippen molar-refractivity contribution in [1.82, 2.24) is 19.7 Å². The monoisotopic (exact) mass is 311 g/mol. The molecule has 6 nitrogen and oxygen atoms in total. The molecule has 0 aliphatic rings. The van der Waals surface area contributed by atoms with E-state index in [1.54, 1.807) is 36.1 Å². The molecule has 0 saturated heterocycles. The third-order valence-corrected chi connectivity index (χ3v) is 3.26. The Morgan fingerprint density at radius 3 is 2.68 bits per heavy atom. The van der Waals surface area contributed by atoms with Crippen LogP contribution in [-0.4, -0.2) is 19.7 Å². The molecule has 0 unspecified atom stereocenters. The number of hydrogen-bond acceptors (Lipinski definition) is 5. The highest BCUT2D eigenvalue weighted by Crippen LogP contribution is 2.29. The Labute approximate surface area is 131 Å². The van der Waals surface area contributed by atoms with Crippen LogP contribution in [0.15, 0.2) is 43.0 Å². The van der Waals surface area contributed by atoms with Crippen LogP contribution in [0.4, 0.5) is 0 Å². The first kappa shape index (κ1) is 14.0. The Balaban J connectivity index is 1.85. The van der Waals surface area contributed by atoms with Crippen LogP contribution in [0.1, 0.15) is 11.3 Å². The van der Waals surface area contributed by atoms with Gasteiger partial charge in [0.25, 0.3) is 0 Å². The molecule has 0 saturated carbocycles. The van der Waals surface area contributed by atoms with Crippen LogP contribution in [0.5, 0.6) is 11.6 Å². The summed E-state index contributed by atoms with van der Waals surface area (Å²) in [7, 11) is 0. The lowest BCUT2D eigenvalue weighted by atomic mass is 10.2. The third kappa shape index (κ3) is 2.75. The quantitative estimate of drug-likeness (QED) is 0.741. The van der Waals surface area contributed by atoms with Gasteiger partial charge in [-0.15, -0.1) is 0 Å². The lowest BCUT2D eigenvalue weighted by Gasteiger charge is -2.09. The highest BCUT2D eigenvalue weighted by atomic mass is 35.5. The summed E-state index contributed by atoms with van der Waals surface area (Å²) in [5, 5.41) is 13.3. The fourth-order valence-electron chi connectivity index (χ4n) is 1.86. The van der Waals surface area contributed by atoms with Gasteiger partial charge in [0.15, 0.2) is 0 Å². The van der Waals surface area contributed by atoms with Gasteiger partial charge in [-0.1, -0.05) is 11.6 Å². The maximum atomic E-state index is 8.94. The van der Waals surface area contributed by atoms with Crippen molar-refractivity contribution < 1.29 is 4.74 Å². The highest BCUT2D eigenvalue weighted by Gasteiger charge is 2.10. The molecule has 0 bridgehead atoms. The number of aryl methyl sites for hydroxylation is 1. The zero-order valence-corrected chi connectivity index (χ0v) is 12.3. The van der Waals surface area contributed by atoms with Gasteiger partial charge in [0, 0.05) is 0 Å². The fraction of sp³-hybridized carbons (Fsp3) is 0.0667. The minimum Gasteiger partial charge on any atom is -0.438 e. The molecule has 2 aromatic heterocycles. The average molecular weight is 312 g/mol. The van der Waals surface area contributed by atoms with E-state index in [-0.39, 0.29) is 5.88 Å². The van der Waals surface area contributed by atoms with Crippen molar-refractivity contribution in [2.75, 3.05) is 0 Å². The summed E-state index contributed by atoms with van der Waals surface area (Å²) in [4.78, 5) is 8.10. The van der Waals surface area contributed by atoms with Crippen molar-refractivity contribution >= 4 is 11.6 Å². The molecule has 3 rings (SSSR count). The first-order valence-corrected chi connectivity index (χ1v) is 6.75. The second-order valence-corrected chi connectivity index (χ2v) is 4.86. The van der Waals surface area contributed by atoms with Crippen LogP contribution in [0, 0.1) is 18.3 Å². The normalized spacial score (nSPS) is 10.2. The Morgan fingerprint density at radius 2 is 2.05 bits per heavy atom. The maximum absolute atomic E-state index is 8.94. The van der Waals surface area contributed by atoms with E-state index in [0.717, 1.165) is 5.69 Å². The van der Waals surface area contributed by atoms with E-state index in [2.05, 4.69) is 15.1 Å². The fourth-order valence-corrected chi connectivity index (χ4v) is 2.05. The molecule has 3 aromatic rings. The van der Waals surface area contributed by atoms with Crippen molar-refractivity contribution in [2.24, 2.45) is 0 Å². The van der Waals surface area contributed by atoms with Crippen molar-refractivity contribution in [3.63, 3.8) is 0 Å². The minimum absolute atomic E-state index is 0.270. The summed E-state index contributed by atoms with van der Waals surface area (Å²) in [5.41, 5.74) is 1.86. The number of halogens is 1.